The summed E-state index contributed by atoms with van der Waals surface area (Å²) >= 11 is 0. The van der Waals surface area contributed by atoms with Gasteiger partial charge in [-0.05, 0) is 32.5 Å². The van der Waals surface area contributed by atoms with Gasteiger partial charge in [0.25, 0.3) is 0 Å². The highest BCUT2D eigenvalue weighted by molar-refractivity contribution is 5.80. The van der Waals surface area contributed by atoms with Crippen molar-refractivity contribution in [1.29, 1.82) is 0 Å². The summed E-state index contributed by atoms with van der Waals surface area (Å²) in [6.07, 6.45) is 0.397. The number of ether oxygens (including phenoxy) is 2. The lowest BCUT2D eigenvalue weighted by molar-refractivity contribution is -0.151. The summed E-state index contributed by atoms with van der Waals surface area (Å²) in [4.78, 5) is 11.9. The molecular weight excluding hydrogens is 261 g/mol. The van der Waals surface area contributed by atoms with Gasteiger partial charge in [0.2, 0.25) is 0 Å². The largest absolute Gasteiger partial charge is 0.490 e. The van der Waals surface area contributed by atoms with Gasteiger partial charge in [-0.2, -0.15) is 0 Å². The maximum absolute atomic E-state index is 13.4. The lowest BCUT2D eigenvalue weighted by atomic mass is 9.98. The molecule has 0 aliphatic carbocycles. The number of hydrogen-bond donors (Lipinski definition) is 1. The molecule has 0 radical (unpaired) electrons. The second-order valence-corrected chi connectivity index (χ2v) is 4.61. The van der Waals surface area contributed by atoms with Crippen LogP contribution in [0.1, 0.15) is 27.2 Å². The third-order valence-corrected chi connectivity index (χ3v) is 2.99. The van der Waals surface area contributed by atoms with Crippen LogP contribution in [0.25, 0.3) is 0 Å². The van der Waals surface area contributed by atoms with E-state index < -0.39 is 11.4 Å². The molecule has 0 aliphatic rings. The number of carbonyl (C=O) groups is 1. The summed E-state index contributed by atoms with van der Waals surface area (Å²) < 4.78 is 23.8. The Hall–Kier alpha value is -1.62. The molecule has 0 spiro atoms. The van der Waals surface area contributed by atoms with Crippen molar-refractivity contribution in [2.75, 3.05) is 19.8 Å². The molecule has 0 aromatic heterocycles. The Kier molecular flexibility index (Phi) is 6.45. The van der Waals surface area contributed by atoms with E-state index in [0.29, 0.717) is 19.6 Å². The fourth-order valence-electron chi connectivity index (χ4n) is 1.87. The number of benzene rings is 1. The molecule has 1 unspecified atom stereocenters. The Balaban J connectivity index is 2.59. The highest BCUT2D eigenvalue weighted by Gasteiger charge is 2.33. The monoisotopic (exact) mass is 283 g/mol. The lowest BCUT2D eigenvalue weighted by Crippen LogP contribution is -2.51. The quantitative estimate of drug-likeness (QED) is 0.745. The van der Waals surface area contributed by atoms with Crippen molar-refractivity contribution in [2.24, 2.45) is 0 Å². The smallest absolute Gasteiger partial charge is 0.326 e. The Labute approximate surface area is 119 Å². The van der Waals surface area contributed by atoms with Crippen molar-refractivity contribution in [1.82, 2.24) is 5.32 Å². The number of rotatable bonds is 8. The van der Waals surface area contributed by atoms with Crippen molar-refractivity contribution in [3.05, 3.63) is 30.1 Å². The van der Waals surface area contributed by atoms with E-state index in [9.17, 15) is 9.18 Å². The Bertz CT molecular complexity index is 439. The van der Waals surface area contributed by atoms with Crippen LogP contribution in [0.3, 0.4) is 0 Å². The SMILES string of the molecule is CCNC(C)(CCOc1ccccc1F)C(=O)OCC. The molecule has 0 heterocycles. The van der Waals surface area contributed by atoms with Crippen LogP contribution in [0.5, 0.6) is 5.75 Å². The van der Waals surface area contributed by atoms with Gasteiger partial charge in [-0.1, -0.05) is 19.1 Å². The summed E-state index contributed by atoms with van der Waals surface area (Å²) in [5, 5.41) is 3.10. The fraction of sp³-hybridized carbons (Fsp3) is 0.533. The minimum atomic E-state index is -0.823. The van der Waals surface area contributed by atoms with E-state index in [1.54, 1.807) is 32.0 Å². The molecule has 0 aliphatic heterocycles. The molecule has 0 saturated heterocycles. The zero-order chi connectivity index (χ0) is 15.0. The van der Waals surface area contributed by atoms with Crippen LogP contribution < -0.4 is 10.1 Å². The molecule has 1 rings (SSSR count). The molecular formula is C15H22FNO3. The molecule has 0 saturated carbocycles. The van der Waals surface area contributed by atoms with Gasteiger partial charge in [0.1, 0.15) is 5.54 Å². The average molecular weight is 283 g/mol. The normalized spacial score (nSPS) is 13.6. The summed E-state index contributed by atoms with van der Waals surface area (Å²) in [5.41, 5.74) is -0.823. The van der Waals surface area contributed by atoms with E-state index in [1.807, 2.05) is 6.92 Å². The molecule has 20 heavy (non-hydrogen) atoms. The third kappa shape index (κ3) is 4.49. The number of hydrogen-bond acceptors (Lipinski definition) is 4. The molecule has 5 heteroatoms. The Morgan fingerprint density at radius 3 is 2.65 bits per heavy atom. The predicted molar refractivity (Wildman–Crippen MR) is 75.2 cm³/mol. The number of halogens is 1. The first-order valence-corrected chi connectivity index (χ1v) is 6.83. The van der Waals surface area contributed by atoms with Crippen molar-refractivity contribution in [3.8, 4) is 5.75 Å². The molecule has 4 nitrogen and oxygen atoms in total. The van der Waals surface area contributed by atoms with Crippen molar-refractivity contribution >= 4 is 5.97 Å². The van der Waals surface area contributed by atoms with Gasteiger partial charge in [-0.15, -0.1) is 0 Å². The van der Waals surface area contributed by atoms with Crippen LogP contribution in [0.15, 0.2) is 24.3 Å². The number of para-hydroxylation sites is 1. The molecule has 0 fully saturated rings. The summed E-state index contributed by atoms with van der Waals surface area (Å²) in [7, 11) is 0. The Morgan fingerprint density at radius 2 is 2.05 bits per heavy atom. The lowest BCUT2D eigenvalue weighted by Gasteiger charge is -2.28. The first-order valence-electron chi connectivity index (χ1n) is 6.83. The minimum Gasteiger partial charge on any atom is -0.490 e. The van der Waals surface area contributed by atoms with E-state index in [1.165, 1.54) is 6.07 Å². The number of nitrogens with one attached hydrogen (secondary N) is 1. The molecule has 1 N–H and O–H groups in total. The van der Waals surface area contributed by atoms with Crippen LogP contribution in [0.4, 0.5) is 4.39 Å². The standard InChI is InChI=1S/C15H22FNO3/c1-4-17-15(3,14(18)19-5-2)10-11-20-13-9-7-6-8-12(13)16/h6-9,17H,4-5,10-11H2,1-3H3. The third-order valence-electron chi connectivity index (χ3n) is 2.99. The van der Waals surface area contributed by atoms with Gasteiger partial charge in [-0.25, -0.2) is 4.39 Å². The van der Waals surface area contributed by atoms with Crippen molar-refractivity contribution in [2.45, 2.75) is 32.7 Å². The second-order valence-electron chi connectivity index (χ2n) is 4.61. The van der Waals surface area contributed by atoms with Gasteiger partial charge < -0.3 is 14.8 Å². The molecule has 1 aromatic carbocycles. The van der Waals surface area contributed by atoms with Gasteiger partial charge in [-0.3, -0.25) is 4.79 Å². The maximum atomic E-state index is 13.4. The van der Waals surface area contributed by atoms with Crippen LogP contribution in [0, 0.1) is 5.82 Å². The van der Waals surface area contributed by atoms with E-state index in [0.717, 1.165) is 0 Å². The van der Waals surface area contributed by atoms with Gasteiger partial charge in [0.05, 0.1) is 13.2 Å². The van der Waals surface area contributed by atoms with Gasteiger partial charge in [0.15, 0.2) is 11.6 Å². The first-order chi connectivity index (χ1) is 9.53. The van der Waals surface area contributed by atoms with Crippen molar-refractivity contribution < 1.29 is 18.7 Å². The molecule has 0 bridgehead atoms. The van der Waals surface area contributed by atoms with E-state index >= 15 is 0 Å². The van der Waals surface area contributed by atoms with E-state index in [2.05, 4.69) is 5.32 Å². The van der Waals surface area contributed by atoms with E-state index in [4.69, 9.17) is 9.47 Å². The first kappa shape index (κ1) is 16.4. The highest BCUT2D eigenvalue weighted by Crippen LogP contribution is 2.18. The van der Waals surface area contributed by atoms with Gasteiger partial charge >= 0.3 is 5.97 Å². The highest BCUT2D eigenvalue weighted by atomic mass is 19.1. The van der Waals surface area contributed by atoms with Crippen LogP contribution in [0.2, 0.25) is 0 Å². The minimum absolute atomic E-state index is 0.190. The van der Waals surface area contributed by atoms with Gasteiger partial charge in [0, 0.05) is 6.42 Å². The molecule has 1 atom stereocenters. The Morgan fingerprint density at radius 1 is 1.35 bits per heavy atom. The summed E-state index contributed by atoms with van der Waals surface area (Å²) in [5.74, 6) is -0.539. The number of esters is 1. The van der Waals surface area contributed by atoms with Crippen LogP contribution >= 0.6 is 0 Å². The van der Waals surface area contributed by atoms with Crippen LogP contribution in [-0.2, 0) is 9.53 Å². The topological polar surface area (TPSA) is 47.6 Å². The zero-order valence-electron chi connectivity index (χ0n) is 12.2. The average Bonchev–Trinajstić information content (AvgIpc) is 2.41. The second kappa shape index (κ2) is 7.85. The predicted octanol–water partition coefficient (Wildman–Crippen LogP) is 2.53. The fourth-order valence-corrected chi connectivity index (χ4v) is 1.87. The molecule has 112 valence electrons. The zero-order valence-corrected chi connectivity index (χ0v) is 12.2. The van der Waals surface area contributed by atoms with E-state index in [-0.39, 0.29) is 18.3 Å². The number of likely N-dealkylation sites (N-methyl/N-ethyl adjacent to an activating group) is 1. The molecule has 0 amide bonds. The van der Waals surface area contributed by atoms with Crippen molar-refractivity contribution in [3.63, 3.8) is 0 Å². The maximum Gasteiger partial charge on any atom is 0.326 e. The summed E-state index contributed by atoms with van der Waals surface area (Å²) in [6, 6.07) is 6.20. The summed E-state index contributed by atoms with van der Waals surface area (Å²) in [6.45, 7) is 6.63. The number of carbonyl (C=O) groups excluding carboxylic acids is 1. The molecule has 1 aromatic rings. The van der Waals surface area contributed by atoms with Crippen LogP contribution in [-0.4, -0.2) is 31.3 Å².